The van der Waals surface area contributed by atoms with E-state index in [1.54, 1.807) is 6.20 Å². The Morgan fingerprint density at radius 1 is 1.35 bits per heavy atom. The van der Waals surface area contributed by atoms with E-state index >= 15 is 0 Å². The highest BCUT2D eigenvalue weighted by molar-refractivity contribution is 6.06. The molecule has 1 heterocycles. The Labute approximate surface area is 119 Å². The summed E-state index contributed by atoms with van der Waals surface area (Å²) in [5, 5.41) is 13.1. The van der Waals surface area contributed by atoms with Gasteiger partial charge in [-0.2, -0.15) is 0 Å². The van der Waals surface area contributed by atoms with E-state index in [2.05, 4.69) is 31.1 Å². The van der Waals surface area contributed by atoms with Gasteiger partial charge >= 0.3 is 0 Å². The molecule has 0 spiro atoms. The molecule has 2 aromatic rings. The smallest absolute Gasteiger partial charge is 0.253 e. The molecule has 0 fully saturated rings. The van der Waals surface area contributed by atoms with Gasteiger partial charge in [-0.1, -0.05) is 39.0 Å². The van der Waals surface area contributed by atoms with Crippen LogP contribution in [0.4, 0.5) is 0 Å². The Bertz CT molecular complexity index is 596. The molecule has 0 radical (unpaired) electrons. The van der Waals surface area contributed by atoms with Crippen LogP contribution in [0.15, 0.2) is 30.5 Å². The average molecular weight is 274 g/mol. The van der Waals surface area contributed by atoms with Gasteiger partial charge in [0.05, 0.1) is 5.56 Å². The predicted molar refractivity (Wildman–Crippen MR) is 80.7 cm³/mol. The second kappa shape index (κ2) is 5.67. The van der Waals surface area contributed by atoms with Crippen molar-refractivity contribution in [2.75, 3.05) is 6.61 Å². The number of aliphatic hydroxyl groups is 1. The summed E-state index contributed by atoms with van der Waals surface area (Å²) < 4.78 is 0. The Morgan fingerprint density at radius 2 is 2.05 bits per heavy atom. The van der Waals surface area contributed by atoms with E-state index in [1.807, 2.05) is 24.3 Å². The second-order valence-electron chi connectivity index (χ2n) is 6.15. The van der Waals surface area contributed by atoms with Crippen molar-refractivity contribution in [3.8, 4) is 0 Å². The lowest BCUT2D eigenvalue weighted by Crippen LogP contribution is -2.44. The van der Waals surface area contributed by atoms with Crippen molar-refractivity contribution < 1.29 is 9.90 Å². The summed E-state index contributed by atoms with van der Waals surface area (Å²) in [7, 11) is 0. The van der Waals surface area contributed by atoms with Crippen LogP contribution in [0.5, 0.6) is 0 Å². The Balaban J connectivity index is 2.23. The topological polar surface area (TPSA) is 65.1 Å². The fourth-order valence-electron chi connectivity index (χ4n) is 2.35. The molecule has 1 aromatic carbocycles. The van der Waals surface area contributed by atoms with Gasteiger partial charge in [0.25, 0.3) is 5.91 Å². The molecule has 0 saturated carbocycles. The summed E-state index contributed by atoms with van der Waals surface area (Å²) in [6.45, 7) is 6.24. The Morgan fingerprint density at radius 3 is 2.70 bits per heavy atom. The number of fused-ring (bicyclic) bond motifs is 1. The summed E-state index contributed by atoms with van der Waals surface area (Å²) in [5.74, 6) is -0.101. The van der Waals surface area contributed by atoms with Gasteiger partial charge in [-0.15, -0.1) is 0 Å². The fraction of sp³-hybridized carbons (Fsp3) is 0.438. The first kappa shape index (κ1) is 14.6. The summed E-state index contributed by atoms with van der Waals surface area (Å²) in [4.78, 5) is 15.5. The van der Waals surface area contributed by atoms with Gasteiger partial charge in [0, 0.05) is 29.7 Å². The number of amides is 1. The third-order valence-electron chi connectivity index (χ3n) is 3.60. The van der Waals surface area contributed by atoms with Crippen molar-refractivity contribution in [1.82, 2.24) is 10.3 Å². The van der Waals surface area contributed by atoms with Crippen molar-refractivity contribution >= 4 is 16.8 Å². The second-order valence-corrected chi connectivity index (χ2v) is 6.15. The summed E-state index contributed by atoms with van der Waals surface area (Å²) in [5.41, 5.74) is 1.50. The van der Waals surface area contributed by atoms with Crippen LogP contribution in [0.3, 0.4) is 0 Å². The lowest BCUT2D eigenvalue weighted by atomic mass is 9.84. The van der Waals surface area contributed by atoms with Gasteiger partial charge in [-0.05, 0) is 17.9 Å². The van der Waals surface area contributed by atoms with Crippen LogP contribution in [-0.2, 0) is 0 Å². The Hall–Kier alpha value is -1.81. The molecule has 0 bridgehead atoms. The molecule has 0 aliphatic heterocycles. The third kappa shape index (κ3) is 3.02. The highest BCUT2D eigenvalue weighted by Gasteiger charge is 2.26. The SMILES string of the molecule is CC(C)(C)C(CCO)NC(=O)c1c[nH]c2ccccc12. The summed E-state index contributed by atoms with van der Waals surface area (Å²) in [6, 6.07) is 7.67. The first-order valence-electron chi connectivity index (χ1n) is 6.91. The lowest BCUT2D eigenvalue weighted by Gasteiger charge is -2.31. The van der Waals surface area contributed by atoms with Crippen LogP contribution in [-0.4, -0.2) is 28.6 Å². The van der Waals surface area contributed by atoms with Crippen molar-refractivity contribution in [2.24, 2.45) is 5.41 Å². The van der Waals surface area contributed by atoms with Crippen molar-refractivity contribution in [3.05, 3.63) is 36.0 Å². The highest BCUT2D eigenvalue weighted by atomic mass is 16.3. The molecule has 1 atom stereocenters. The normalized spacial score (nSPS) is 13.4. The fourth-order valence-corrected chi connectivity index (χ4v) is 2.35. The number of carbonyl (C=O) groups excluding carboxylic acids is 1. The van der Waals surface area contributed by atoms with Crippen molar-refractivity contribution in [2.45, 2.75) is 33.2 Å². The molecule has 1 aromatic heterocycles. The summed E-state index contributed by atoms with van der Waals surface area (Å²) in [6.07, 6.45) is 2.29. The van der Waals surface area contributed by atoms with E-state index < -0.39 is 0 Å². The van der Waals surface area contributed by atoms with Crippen LogP contribution in [0.1, 0.15) is 37.6 Å². The molecule has 20 heavy (non-hydrogen) atoms. The number of H-pyrrole nitrogens is 1. The summed E-state index contributed by atoms with van der Waals surface area (Å²) >= 11 is 0. The van der Waals surface area contributed by atoms with Crippen LogP contribution < -0.4 is 5.32 Å². The van der Waals surface area contributed by atoms with Crippen LogP contribution >= 0.6 is 0 Å². The first-order chi connectivity index (χ1) is 9.43. The maximum absolute atomic E-state index is 12.4. The van der Waals surface area contributed by atoms with Gasteiger partial charge in [0.15, 0.2) is 0 Å². The number of benzene rings is 1. The number of hydrogen-bond acceptors (Lipinski definition) is 2. The van der Waals surface area contributed by atoms with Crippen LogP contribution in [0.25, 0.3) is 10.9 Å². The number of rotatable bonds is 4. The number of aromatic amines is 1. The zero-order valence-corrected chi connectivity index (χ0v) is 12.2. The van der Waals surface area contributed by atoms with E-state index in [4.69, 9.17) is 5.11 Å². The van der Waals surface area contributed by atoms with Crippen molar-refractivity contribution in [3.63, 3.8) is 0 Å². The molecular formula is C16H22N2O2. The standard InChI is InChI=1S/C16H22N2O2/c1-16(2,3)14(8-9-19)18-15(20)12-10-17-13-7-5-4-6-11(12)13/h4-7,10,14,17,19H,8-9H2,1-3H3,(H,18,20). The van der Waals surface area contributed by atoms with Crippen LogP contribution in [0, 0.1) is 5.41 Å². The zero-order valence-electron chi connectivity index (χ0n) is 12.2. The molecule has 1 unspecified atom stereocenters. The molecule has 0 aliphatic carbocycles. The van der Waals surface area contributed by atoms with Crippen LogP contribution in [0.2, 0.25) is 0 Å². The number of carbonyl (C=O) groups is 1. The molecule has 1 amide bonds. The minimum Gasteiger partial charge on any atom is -0.396 e. The van der Waals surface area contributed by atoms with Crippen molar-refractivity contribution in [1.29, 1.82) is 0 Å². The number of para-hydroxylation sites is 1. The first-order valence-corrected chi connectivity index (χ1v) is 6.91. The van der Waals surface area contributed by atoms with Gasteiger partial charge in [0.1, 0.15) is 0 Å². The average Bonchev–Trinajstić information content (AvgIpc) is 2.81. The van der Waals surface area contributed by atoms with Gasteiger partial charge in [-0.3, -0.25) is 4.79 Å². The van der Waals surface area contributed by atoms with E-state index in [-0.39, 0.29) is 24.0 Å². The minimum absolute atomic E-state index is 0.0614. The quantitative estimate of drug-likeness (QED) is 0.802. The van der Waals surface area contributed by atoms with Gasteiger partial charge < -0.3 is 15.4 Å². The van der Waals surface area contributed by atoms with E-state index in [0.717, 1.165) is 10.9 Å². The number of aromatic nitrogens is 1. The third-order valence-corrected chi connectivity index (χ3v) is 3.60. The number of aliphatic hydroxyl groups excluding tert-OH is 1. The molecule has 4 heteroatoms. The lowest BCUT2D eigenvalue weighted by molar-refractivity contribution is 0.0887. The van der Waals surface area contributed by atoms with E-state index in [9.17, 15) is 4.79 Å². The maximum Gasteiger partial charge on any atom is 0.253 e. The molecule has 0 saturated heterocycles. The monoisotopic (exact) mass is 274 g/mol. The maximum atomic E-state index is 12.4. The molecule has 3 N–H and O–H groups in total. The Kier molecular flexibility index (Phi) is 4.14. The molecule has 108 valence electrons. The van der Waals surface area contributed by atoms with Gasteiger partial charge in [0.2, 0.25) is 0 Å². The molecular weight excluding hydrogens is 252 g/mol. The number of nitrogens with one attached hydrogen (secondary N) is 2. The predicted octanol–water partition coefficient (Wildman–Crippen LogP) is 2.69. The molecule has 0 aliphatic rings. The number of hydrogen-bond donors (Lipinski definition) is 3. The minimum atomic E-state index is -0.101. The van der Waals surface area contributed by atoms with Gasteiger partial charge in [-0.25, -0.2) is 0 Å². The zero-order chi connectivity index (χ0) is 14.8. The highest BCUT2D eigenvalue weighted by Crippen LogP contribution is 2.23. The molecule has 4 nitrogen and oxygen atoms in total. The molecule has 2 rings (SSSR count). The van der Waals surface area contributed by atoms with E-state index in [1.165, 1.54) is 0 Å². The largest absolute Gasteiger partial charge is 0.396 e. The van der Waals surface area contributed by atoms with E-state index in [0.29, 0.717) is 12.0 Å².